The molecule has 0 spiro atoms. The Balaban J connectivity index is 2.46. The molecule has 14 heavy (non-hydrogen) atoms. The third-order valence-electron chi connectivity index (χ3n) is 2.53. The lowest BCUT2D eigenvalue weighted by molar-refractivity contribution is 0.915. The number of aromatic nitrogens is 1. The summed E-state index contributed by atoms with van der Waals surface area (Å²) in [5, 5.41) is 0. The normalized spacial score (nSPS) is 15.4. The second-order valence-electron chi connectivity index (χ2n) is 3.76. The Hall–Kier alpha value is -1.37. The first-order valence-electron chi connectivity index (χ1n) is 5.09. The van der Waals surface area contributed by atoms with E-state index in [-0.39, 0.29) is 0 Å². The van der Waals surface area contributed by atoms with Gasteiger partial charge in [-0.25, -0.2) is 0 Å². The minimum atomic E-state index is 1.07. The van der Waals surface area contributed by atoms with E-state index in [2.05, 4.69) is 42.3 Å². The molecule has 2 heterocycles. The fraction of sp³-hybridized carbons (Fsp3) is 0.308. The largest absolute Gasteiger partial charge is 0.253 e. The van der Waals surface area contributed by atoms with Crippen LogP contribution in [0, 0.1) is 0 Å². The highest BCUT2D eigenvalue weighted by Crippen LogP contribution is 2.20. The molecule has 0 amide bonds. The first-order chi connectivity index (χ1) is 6.79. The van der Waals surface area contributed by atoms with E-state index in [9.17, 15) is 0 Å². The van der Waals surface area contributed by atoms with Crippen molar-refractivity contribution in [2.24, 2.45) is 0 Å². The summed E-state index contributed by atoms with van der Waals surface area (Å²) in [7, 11) is 0. The van der Waals surface area contributed by atoms with E-state index in [0.29, 0.717) is 0 Å². The van der Waals surface area contributed by atoms with Gasteiger partial charge in [-0.3, -0.25) is 4.98 Å². The number of allylic oxidation sites excluding steroid dienone is 2. The average molecular weight is 185 g/mol. The second kappa shape index (κ2) is 3.79. The highest BCUT2D eigenvalue weighted by Gasteiger charge is 2.07. The first-order valence-corrected chi connectivity index (χ1v) is 5.09. The lowest BCUT2D eigenvalue weighted by Gasteiger charge is -2.02. The molecule has 0 saturated carbocycles. The molecule has 0 aromatic carbocycles. The summed E-state index contributed by atoms with van der Waals surface area (Å²) in [6.07, 6.45) is 8.57. The standard InChI is InChI=1S/C13H15N/c1-3-4-11-6-7-12-9-10(2)5-8-13(11)14-12/h3-4,6-7,9H,5,8H2,1-2H3/b4-3-. The number of pyridine rings is 1. The van der Waals surface area contributed by atoms with Gasteiger partial charge in [-0.05, 0) is 44.4 Å². The molecule has 1 nitrogen and oxygen atoms in total. The molecule has 0 atom stereocenters. The molecule has 1 aromatic rings. The molecule has 0 unspecified atom stereocenters. The Morgan fingerprint density at radius 3 is 2.93 bits per heavy atom. The molecule has 72 valence electrons. The lowest BCUT2D eigenvalue weighted by atomic mass is 10.1. The molecular formula is C13H15N. The van der Waals surface area contributed by atoms with E-state index < -0.39 is 0 Å². The van der Waals surface area contributed by atoms with Crippen LogP contribution >= 0.6 is 0 Å². The maximum atomic E-state index is 4.61. The summed E-state index contributed by atoms with van der Waals surface area (Å²) >= 11 is 0. The molecule has 2 bridgehead atoms. The minimum absolute atomic E-state index is 1.07. The van der Waals surface area contributed by atoms with E-state index in [4.69, 9.17) is 0 Å². The Kier molecular flexibility index (Phi) is 2.49. The van der Waals surface area contributed by atoms with Crippen molar-refractivity contribution in [1.82, 2.24) is 4.98 Å². The van der Waals surface area contributed by atoms with Crippen molar-refractivity contribution < 1.29 is 0 Å². The molecule has 0 fully saturated rings. The van der Waals surface area contributed by atoms with Gasteiger partial charge in [-0.1, -0.05) is 23.8 Å². The van der Waals surface area contributed by atoms with Crippen LogP contribution in [0.5, 0.6) is 0 Å². The number of hydrogen-bond acceptors (Lipinski definition) is 1. The third kappa shape index (κ3) is 1.77. The highest BCUT2D eigenvalue weighted by atomic mass is 14.7. The third-order valence-corrected chi connectivity index (χ3v) is 2.53. The van der Waals surface area contributed by atoms with Crippen molar-refractivity contribution >= 4 is 12.2 Å². The lowest BCUT2D eigenvalue weighted by Crippen LogP contribution is -1.93. The van der Waals surface area contributed by atoms with Crippen LogP contribution < -0.4 is 0 Å². The molecular weight excluding hydrogens is 170 g/mol. The molecule has 0 radical (unpaired) electrons. The Bertz CT molecular complexity index is 400. The maximum Gasteiger partial charge on any atom is 0.0632 e. The fourth-order valence-electron chi connectivity index (χ4n) is 1.78. The highest BCUT2D eigenvalue weighted by molar-refractivity contribution is 5.57. The molecule has 1 heteroatoms. The zero-order valence-corrected chi connectivity index (χ0v) is 8.75. The number of aryl methyl sites for hydroxylation is 1. The van der Waals surface area contributed by atoms with Crippen molar-refractivity contribution in [2.45, 2.75) is 26.7 Å². The van der Waals surface area contributed by atoms with E-state index >= 15 is 0 Å². The summed E-state index contributed by atoms with van der Waals surface area (Å²) in [5.74, 6) is 0. The summed E-state index contributed by atoms with van der Waals surface area (Å²) < 4.78 is 0. The Morgan fingerprint density at radius 2 is 2.14 bits per heavy atom. The number of fused-ring (bicyclic) bond motifs is 2. The van der Waals surface area contributed by atoms with Crippen molar-refractivity contribution in [3.05, 3.63) is 40.7 Å². The van der Waals surface area contributed by atoms with Gasteiger partial charge in [0.05, 0.1) is 5.69 Å². The van der Waals surface area contributed by atoms with Gasteiger partial charge < -0.3 is 0 Å². The van der Waals surface area contributed by atoms with Crippen molar-refractivity contribution in [3.63, 3.8) is 0 Å². The quantitative estimate of drug-likeness (QED) is 0.653. The molecule has 1 aromatic heterocycles. The monoisotopic (exact) mass is 185 g/mol. The zero-order valence-electron chi connectivity index (χ0n) is 8.75. The molecule has 1 aliphatic rings. The zero-order chi connectivity index (χ0) is 9.97. The number of nitrogens with zero attached hydrogens (tertiary/aromatic N) is 1. The van der Waals surface area contributed by atoms with E-state index in [1.165, 1.54) is 16.8 Å². The molecule has 0 N–H and O–H groups in total. The maximum absolute atomic E-state index is 4.61. The molecule has 2 rings (SSSR count). The predicted octanol–water partition coefficient (Wildman–Crippen LogP) is 3.46. The number of rotatable bonds is 1. The van der Waals surface area contributed by atoms with Gasteiger partial charge in [0.25, 0.3) is 0 Å². The van der Waals surface area contributed by atoms with Gasteiger partial charge in [-0.2, -0.15) is 0 Å². The minimum Gasteiger partial charge on any atom is -0.253 e. The SMILES string of the molecule is C/C=C\c1ccc2nc1CCC(C)=C2. The Labute approximate surface area is 85.2 Å². The molecule has 1 aliphatic heterocycles. The van der Waals surface area contributed by atoms with E-state index in [0.717, 1.165) is 18.5 Å². The Morgan fingerprint density at radius 1 is 1.29 bits per heavy atom. The van der Waals surface area contributed by atoms with Crippen LogP contribution in [0.2, 0.25) is 0 Å². The number of hydrogen-bond donors (Lipinski definition) is 0. The van der Waals surface area contributed by atoms with Crippen LogP contribution in [0.1, 0.15) is 37.2 Å². The van der Waals surface area contributed by atoms with Crippen LogP contribution in [0.25, 0.3) is 12.2 Å². The molecule has 0 saturated heterocycles. The van der Waals surface area contributed by atoms with Gasteiger partial charge in [0.2, 0.25) is 0 Å². The van der Waals surface area contributed by atoms with Gasteiger partial charge >= 0.3 is 0 Å². The topological polar surface area (TPSA) is 12.9 Å². The summed E-state index contributed by atoms with van der Waals surface area (Å²) in [6, 6.07) is 4.25. The van der Waals surface area contributed by atoms with E-state index in [1.807, 2.05) is 6.92 Å². The summed E-state index contributed by atoms with van der Waals surface area (Å²) in [5.41, 5.74) is 5.02. The van der Waals surface area contributed by atoms with Crippen LogP contribution in [-0.4, -0.2) is 4.98 Å². The average Bonchev–Trinajstić information content (AvgIpc) is 2.32. The second-order valence-corrected chi connectivity index (χ2v) is 3.76. The van der Waals surface area contributed by atoms with Gasteiger partial charge in [-0.15, -0.1) is 0 Å². The molecule has 0 aliphatic carbocycles. The fourth-order valence-corrected chi connectivity index (χ4v) is 1.78. The van der Waals surface area contributed by atoms with Crippen LogP contribution in [-0.2, 0) is 6.42 Å². The smallest absolute Gasteiger partial charge is 0.0632 e. The van der Waals surface area contributed by atoms with Crippen LogP contribution in [0.3, 0.4) is 0 Å². The van der Waals surface area contributed by atoms with Gasteiger partial charge in [0, 0.05) is 5.69 Å². The van der Waals surface area contributed by atoms with Crippen molar-refractivity contribution in [1.29, 1.82) is 0 Å². The summed E-state index contributed by atoms with van der Waals surface area (Å²) in [6.45, 7) is 4.22. The van der Waals surface area contributed by atoms with Gasteiger partial charge in [0.15, 0.2) is 0 Å². The van der Waals surface area contributed by atoms with Crippen LogP contribution in [0.15, 0.2) is 23.8 Å². The first kappa shape index (κ1) is 9.20. The van der Waals surface area contributed by atoms with Crippen LogP contribution in [0.4, 0.5) is 0 Å². The van der Waals surface area contributed by atoms with Crippen molar-refractivity contribution in [3.8, 4) is 0 Å². The van der Waals surface area contributed by atoms with Crippen molar-refractivity contribution in [2.75, 3.05) is 0 Å². The van der Waals surface area contributed by atoms with E-state index in [1.54, 1.807) is 0 Å². The van der Waals surface area contributed by atoms with Gasteiger partial charge in [0.1, 0.15) is 0 Å². The predicted molar refractivity (Wildman–Crippen MR) is 60.9 cm³/mol. The summed E-state index contributed by atoms with van der Waals surface area (Å²) in [4.78, 5) is 4.61.